The van der Waals surface area contributed by atoms with Crippen LogP contribution in [0.3, 0.4) is 0 Å². The summed E-state index contributed by atoms with van der Waals surface area (Å²) in [5.41, 5.74) is 2.07. The summed E-state index contributed by atoms with van der Waals surface area (Å²) >= 11 is 2.45. The summed E-state index contributed by atoms with van der Waals surface area (Å²) in [5, 5.41) is 12.2. The molecule has 0 unspecified atom stereocenters. The molecule has 3 rings (SSSR count). The average Bonchev–Trinajstić information content (AvgIpc) is 3.27. The van der Waals surface area contributed by atoms with Crippen molar-refractivity contribution in [3.05, 3.63) is 56.3 Å². The van der Waals surface area contributed by atoms with Gasteiger partial charge in [0, 0.05) is 16.6 Å². The summed E-state index contributed by atoms with van der Waals surface area (Å²) in [5.74, 6) is -2.16. The zero-order valence-electron chi connectivity index (χ0n) is 14.6. The Balaban J connectivity index is 1.73. The molecular formula is C19H15N3O3S2. The Morgan fingerprint density at radius 3 is 2.59 bits per heavy atom. The maximum atomic E-state index is 12.5. The number of rotatable bonds is 6. The van der Waals surface area contributed by atoms with Gasteiger partial charge in [-0.05, 0) is 13.8 Å². The fourth-order valence-corrected chi connectivity index (χ4v) is 4.11. The van der Waals surface area contributed by atoms with Crippen LogP contribution in [0.1, 0.15) is 31.3 Å². The number of aryl methyl sites for hydroxylation is 2. The van der Waals surface area contributed by atoms with Gasteiger partial charge in [0.15, 0.2) is 18.3 Å². The van der Waals surface area contributed by atoms with Crippen molar-refractivity contribution in [1.29, 1.82) is 5.26 Å². The summed E-state index contributed by atoms with van der Waals surface area (Å²) in [6.45, 7) is 3.10. The molecule has 1 atom stereocenters. The highest BCUT2D eigenvalue weighted by Crippen LogP contribution is 2.29. The molecule has 3 aromatic rings. The highest BCUT2D eigenvalue weighted by atomic mass is 32.1. The Bertz CT molecular complexity index is 1020. The summed E-state index contributed by atoms with van der Waals surface area (Å²) < 4.78 is 5.18. The zero-order valence-corrected chi connectivity index (χ0v) is 16.3. The first-order valence-corrected chi connectivity index (χ1v) is 9.73. The number of carbonyl (C=O) groups excluding carboxylic acids is 2. The summed E-state index contributed by atoms with van der Waals surface area (Å²) in [4.78, 5) is 33.8. The quantitative estimate of drug-likeness (QED) is 0.585. The van der Waals surface area contributed by atoms with Gasteiger partial charge in [-0.2, -0.15) is 5.26 Å². The minimum Gasteiger partial charge on any atom is -0.453 e. The van der Waals surface area contributed by atoms with E-state index in [0.29, 0.717) is 15.6 Å². The third kappa shape index (κ3) is 4.27. The average molecular weight is 397 g/mol. The number of ketones is 1. The molecule has 0 aliphatic heterocycles. The molecule has 6 nitrogen and oxygen atoms in total. The van der Waals surface area contributed by atoms with Crippen molar-refractivity contribution < 1.29 is 14.3 Å². The van der Waals surface area contributed by atoms with Crippen LogP contribution in [0.25, 0.3) is 11.3 Å². The van der Waals surface area contributed by atoms with E-state index in [1.54, 1.807) is 19.2 Å². The summed E-state index contributed by atoms with van der Waals surface area (Å²) in [6.07, 6.45) is 0. The Morgan fingerprint density at radius 2 is 1.96 bits per heavy atom. The molecule has 0 aliphatic carbocycles. The van der Waals surface area contributed by atoms with E-state index in [1.807, 2.05) is 36.4 Å². The lowest BCUT2D eigenvalue weighted by molar-refractivity contribution is -0.122. The monoisotopic (exact) mass is 397 g/mol. The second kappa shape index (κ2) is 8.20. The molecule has 8 heteroatoms. The molecule has 0 spiro atoms. The minimum absolute atomic E-state index is 0.338. The topological polar surface area (TPSA) is 92.9 Å². The third-order valence-electron chi connectivity index (χ3n) is 3.65. The van der Waals surface area contributed by atoms with Gasteiger partial charge in [-0.1, -0.05) is 30.3 Å². The number of ether oxygens (including phenoxy) is 1. The van der Waals surface area contributed by atoms with Crippen molar-refractivity contribution >= 4 is 34.4 Å². The van der Waals surface area contributed by atoms with Crippen LogP contribution in [-0.2, 0) is 9.53 Å². The van der Waals surface area contributed by atoms with Gasteiger partial charge in [0.05, 0.1) is 16.8 Å². The van der Waals surface area contributed by atoms with Gasteiger partial charge in [-0.3, -0.25) is 4.79 Å². The summed E-state index contributed by atoms with van der Waals surface area (Å²) in [7, 11) is 0. The van der Waals surface area contributed by atoms with E-state index in [4.69, 9.17) is 4.74 Å². The van der Waals surface area contributed by atoms with Crippen LogP contribution >= 0.6 is 22.7 Å². The van der Waals surface area contributed by atoms with E-state index in [2.05, 4.69) is 9.97 Å². The van der Waals surface area contributed by atoms with Gasteiger partial charge in [0.2, 0.25) is 0 Å². The first kappa shape index (κ1) is 18.9. The Morgan fingerprint density at radius 1 is 1.22 bits per heavy atom. The molecule has 0 saturated carbocycles. The fraction of sp³-hybridized carbons (Fsp3) is 0.211. The predicted molar refractivity (Wildman–Crippen MR) is 103 cm³/mol. The number of esters is 1. The number of benzene rings is 1. The third-order valence-corrected chi connectivity index (χ3v) is 5.63. The summed E-state index contributed by atoms with van der Waals surface area (Å²) in [6, 6.07) is 11.2. The molecule has 27 heavy (non-hydrogen) atoms. The van der Waals surface area contributed by atoms with E-state index in [-0.39, 0.29) is 0 Å². The number of nitriles is 1. The minimum atomic E-state index is -1.03. The van der Waals surface area contributed by atoms with Crippen LogP contribution in [0.5, 0.6) is 0 Å². The van der Waals surface area contributed by atoms with Crippen LogP contribution < -0.4 is 0 Å². The lowest BCUT2D eigenvalue weighted by Gasteiger charge is -2.07. The van der Waals surface area contributed by atoms with Gasteiger partial charge in [0.1, 0.15) is 9.88 Å². The molecule has 0 radical (unpaired) electrons. The number of nitrogens with zero attached hydrogens (tertiary/aromatic N) is 3. The first-order chi connectivity index (χ1) is 13.0. The lowest BCUT2D eigenvalue weighted by Crippen LogP contribution is -2.19. The first-order valence-electron chi connectivity index (χ1n) is 8.04. The number of carbonyl (C=O) groups is 2. The molecule has 2 heterocycles. The van der Waals surface area contributed by atoms with E-state index in [9.17, 15) is 14.9 Å². The molecule has 2 aromatic heterocycles. The van der Waals surface area contributed by atoms with Crippen LogP contribution in [0.15, 0.2) is 35.7 Å². The van der Waals surface area contributed by atoms with Gasteiger partial charge in [0.25, 0.3) is 0 Å². The van der Waals surface area contributed by atoms with E-state index >= 15 is 0 Å². The van der Waals surface area contributed by atoms with Crippen molar-refractivity contribution in [2.75, 3.05) is 6.61 Å². The van der Waals surface area contributed by atoms with Gasteiger partial charge < -0.3 is 4.74 Å². The maximum Gasteiger partial charge on any atom is 0.351 e. The van der Waals surface area contributed by atoms with Crippen LogP contribution in [0.2, 0.25) is 0 Å². The van der Waals surface area contributed by atoms with Crippen molar-refractivity contribution in [3.8, 4) is 17.3 Å². The van der Waals surface area contributed by atoms with E-state index in [1.165, 1.54) is 22.7 Å². The van der Waals surface area contributed by atoms with Crippen LogP contribution in [0.4, 0.5) is 0 Å². The van der Waals surface area contributed by atoms with Crippen LogP contribution in [-0.4, -0.2) is 28.3 Å². The van der Waals surface area contributed by atoms with Crippen molar-refractivity contribution in [2.24, 2.45) is 0 Å². The van der Waals surface area contributed by atoms with Gasteiger partial charge in [-0.25, -0.2) is 14.8 Å². The van der Waals surface area contributed by atoms with Gasteiger partial charge in [-0.15, -0.1) is 22.7 Å². The smallest absolute Gasteiger partial charge is 0.351 e. The standard InChI is InChI=1S/C19H15N3O3S2/c1-11-10-26-18(21-11)14(8-20)15(23)9-25-19(24)17-16(22-12(2)27-17)13-6-4-3-5-7-13/h3-7,10,14H,9H2,1-2H3/t14-/m1/s1. The SMILES string of the molecule is Cc1csc([C@H](C#N)C(=O)COC(=O)c2sc(C)nc2-c2ccccc2)n1. The molecule has 0 saturated heterocycles. The van der Waals surface area contributed by atoms with Gasteiger partial charge >= 0.3 is 5.97 Å². The lowest BCUT2D eigenvalue weighted by atomic mass is 10.1. The molecular weight excluding hydrogens is 382 g/mol. The van der Waals surface area contributed by atoms with E-state index < -0.39 is 24.3 Å². The number of hydrogen-bond donors (Lipinski definition) is 0. The second-order valence-corrected chi connectivity index (χ2v) is 7.80. The number of thiazole rings is 2. The van der Waals surface area contributed by atoms with E-state index in [0.717, 1.165) is 16.3 Å². The van der Waals surface area contributed by atoms with Crippen molar-refractivity contribution in [1.82, 2.24) is 9.97 Å². The second-order valence-electron chi connectivity index (χ2n) is 5.71. The highest BCUT2D eigenvalue weighted by Gasteiger charge is 2.26. The molecule has 0 N–H and O–H groups in total. The zero-order chi connectivity index (χ0) is 19.4. The molecule has 0 amide bonds. The fourth-order valence-electron chi connectivity index (χ4n) is 2.41. The molecule has 1 aromatic carbocycles. The molecule has 136 valence electrons. The number of hydrogen-bond acceptors (Lipinski definition) is 8. The highest BCUT2D eigenvalue weighted by molar-refractivity contribution is 7.14. The van der Waals surface area contributed by atoms with Crippen molar-refractivity contribution in [3.63, 3.8) is 0 Å². The normalized spacial score (nSPS) is 11.6. The van der Waals surface area contributed by atoms with Crippen molar-refractivity contribution in [2.45, 2.75) is 19.8 Å². The maximum absolute atomic E-state index is 12.5. The largest absolute Gasteiger partial charge is 0.453 e. The Kier molecular flexibility index (Phi) is 5.74. The molecule has 0 bridgehead atoms. The molecule has 0 aliphatic rings. The molecule has 0 fully saturated rings. The number of aromatic nitrogens is 2. The predicted octanol–water partition coefficient (Wildman–Crippen LogP) is 3.92. The van der Waals surface area contributed by atoms with Crippen LogP contribution in [0, 0.1) is 25.2 Å². The Hall–Kier alpha value is -2.89. The Labute approximate surface area is 164 Å². The number of Topliss-reactive ketones (excluding diaryl/α,β-unsaturated/α-hetero) is 1.